The summed E-state index contributed by atoms with van der Waals surface area (Å²) >= 11 is 0. The summed E-state index contributed by atoms with van der Waals surface area (Å²) in [6, 6.07) is 13.7. The number of hydrogen-bond acceptors (Lipinski definition) is 4. The molecule has 140 valence electrons. The van der Waals surface area contributed by atoms with E-state index >= 15 is 0 Å². The molecule has 1 heterocycles. The second kappa shape index (κ2) is 7.23. The minimum absolute atomic E-state index is 0.0313. The van der Waals surface area contributed by atoms with Gasteiger partial charge in [0.15, 0.2) is 5.78 Å². The summed E-state index contributed by atoms with van der Waals surface area (Å²) in [6.45, 7) is 5.48. The highest BCUT2D eigenvalue weighted by Gasteiger charge is 2.49. The molecular formula is C21H22N2O4. The summed E-state index contributed by atoms with van der Waals surface area (Å²) < 4.78 is 5.61. The molecule has 0 aromatic heterocycles. The summed E-state index contributed by atoms with van der Waals surface area (Å²) in [6.07, 6.45) is 0. The van der Waals surface area contributed by atoms with Gasteiger partial charge in [0.2, 0.25) is 0 Å². The maximum absolute atomic E-state index is 13.1. The summed E-state index contributed by atoms with van der Waals surface area (Å²) in [7, 11) is 0. The summed E-state index contributed by atoms with van der Waals surface area (Å²) in [5, 5.41) is 2.79. The highest BCUT2D eigenvalue weighted by molar-refractivity contribution is 6.07. The lowest BCUT2D eigenvalue weighted by Crippen LogP contribution is -2.40. The van der Waals surface area contributed by atoms with Crippen molar-refractivity contribution in [1.29, 1.82) is 0 Å². The largest absolute Gasteiger partial charge is 0.494 e. The Morgan fingerprint density at radius 1 is 1.15 bits per heavy atom. The predicted octanol–water partition coefficient (Wildman–Crippen LogP) is 3.26. The van der Waals surface area contributed by atoms with Crippen molar-refractivity contribution >= 4 is 17.7 Å². The number of carbonyl (C=O) groups is 3. The predicted molar refractivity (Wildman–Crippen MR) is 100 cm³/mol. The van der Waals surface area contributed by atoms with E-state index in [-0.39, 0.29) is 18.2 Å². The van der Waals surface area contributed by atoms with E-state index in [1.165, 1.54) is 6.92 Å². The molecule has 1 aliphatic heterocycles. The van der Waals surface area contributed by atoms with E-state index in [0.717, 1.165) is 4.90 Å². The van der Waals surface area contributed by atoms with Crippen LogP contribution in [0.4, 0.5) is 4.79 Å². The molecule has 1 atom stereocenters. The number of hydrogen-bond donors (Lipinski definition) is 1. The Balaban J connectivity index is 1.94. The molecule has 0 aliphatic carbocycles. The lowest BCUT2D eigenvalue weighted by molar-refractivity contribution is -0.131. The maximum Gasteiger partial charge on any atom is 0.325 e. The van der Waals surface area contributed by atoms with E-state index in [1.54, 1.807) is 25.1 Å². The first-order chi connectivity index (χ1) is 12.9. The number of carbonyl (C=O) groups excluding carboxylic acids is 3. The van der Waals surface area contributed by atoms with Crippen molar-refractivity contribution in [3.8, 4) is 5.75 Å². The quantitative estimate of drug-likeness (QED) is 0.629. The smallest absolute Gasteiger partial charge is 0.325 e. The Labute approximate surface area is 158 Å². The summed E-state index contributed by atoms with van der Waals surface area (Å²) in [5.41, 5.74) is 0.715. The molecule has 3 rings (SSSR count). The Bertz CT molecular complexity index is 894. The van der Waals surface area contributed by atoms with Crippen molar-refractivity contribution in [3.05, 3.63) is 65.2 Å². The van der Waals surface area contributed by atoms with Crippen LogP contribution in [0.5, 0.6) is 5.75 Å². The normalized spacial score (nSPS) is 19.1. The standard InChI is InChI=1S/C21H22N2O4/c1-4-27-18-11-10-15(14(2)24)12-16(18)13-23-19(25)21(3,22-20(23)26)17-8-6-5-7-9-17/h5-12H,4,13H2,1-3H3,(H,22,26). The van der Waals surface area contributed by atoms with Crippen LogP contribution in [0.3, 0.4) is 0 Å². The SMILES string of the molecule is CCOc1ccc(C(C)=O)cc1CN1C(=O)NC(C)(c2ccccc2)C1=O. The number of benzene rings is 2. The molecule has 1 saturated heterocycles. The van der Waals surface area contributed by atoms with Crippen molar-refractivity contribution in [1.82, 2.24) is 10.2 Å². The average molecular weight is 366 g/mol. The van der Waals surface area contributed by atoms with Gasteiger partial charge in [-0.2, -0.15) is 0 Å². The molecule has 3 amide bonds. The molecule has 0 spiro atoms. The van der Waals surface area contributed by atoms with Gasteiger partial charge in [0, 0.05) is 11.1 Å². The molecule has 2 aromatic carbocycles. The van der Waals surface area contributed by atoms with Gasteiger partial charge in [0.1, 0.15) is 11.3 Å². The van der Waals surface area contributed by atoms with Crippen molar-refractivity contribution in [2.75, 3.05) is 6.61 Å². The van der Waals surface area contributed by atoms with Crippen molar-refractivity contribution in [2.45, 2.75) is 32.9 Å². The van der Waals surface area contributed by atoms with Crippen molar-refractivity contribution in [3.63, 3.8) is 0 Å². The summed E-state index contributed by atoms with van der Waals surface area (Å²) in [4.78, 5) is 38.5. The summed E-state index contributed by atoms with van der Waals surface area (Å²) in [5.74, 6) is 0.122. The third-order valence-corrected chi connectivity index (χ3v) is 4.72. The third-order valence-electron chi connectivity index (χ3n) is 4.72. The van der Waals surface area contributed by atoms with Gasteiger partial charge in [-0.05, 0) is 44.5 Å². The monoisotopic (exact) mass is 366 g/mol. The molecule has 2 aromatic rings. The Morgan fingerprint density at radius 3 is 2.48 bits per heavy atom. The molecule has 0 bridgehead atoms. The van der Waals surface area contributed by atoms with Gasteiger partial charge in [-0.15, -0.1) is 0 Å². The Hall–Kier alpha value is -3.15. The molecule has 1 unspecified atom stereocenters. The number of Topliss-reactive ketones (excluding diaryl/α,β-unsaturated/α-hetero) is 1. The average Bonchev–Trinajstić information content (AvgIpc) is 2.88. The molecule has 6 heteroatoms. The van der Waals surface area contributed by atoms with Crippen LogP contribution in [-0.2, 0) is 16.9 Å². The maximum atomic E-state index is 13.1. The lowest BCUT2D eigenvalue weighted by Gasteiger charge is -2.22. The van der Waals surface area contributed by atoms with E-state index in [4.69, 9.17) is 4.74 Å². The van der Waals surface area contributed by atoms with E-state index in [9.17, 15) is 14.4 Å². The molecule has 0 saturated carbocycles. The van der Waals surface area contributed by atoms with Crippen molar-refractivity contribution < 1.29 is 19.1 Å². The van der Waals surface area contributed by atoms with Crippen LogP contribution in [0.15, 0.2) is 48.5 Å². The van der Waals surface area contributed by atoms with Gasteiger partial charge >= 0.3 is 6.03 Å². The number of amides is 3. The van der Waals surface area contributed by atoms with Crippen LogP contribution < -0.4 is 10.1 Å². The number of imide groups is 1. The zero-order valence-corrected chi connectivity index (χ0v) is 15.6. The zero-order chi connectivity index (χ0) is 19.6. The fourth-order valence-corrected chi connectivity index (χ4v) is 3.20. The van der Waals surface area contributed by atoms with Gasteiger partial charge in [-0.25, -0.2) is 4.79 Å². The van der Waals surface area contributed by atoms with Gasteiger partial charge in [0.25, 0.3) is 5.91 Å². The van der Waals surface area contributed by atoms with E-state index in [2.05, 4.69) is 5.32 Å². The van der Waals surface area contributed by atoms with Crippen LogP contribution in [0, 0.1) is 0 Å². The molecule has 1 aliphatic rings. The lowest BCUT2D eigenvalue weighted by atomic mass is 9.92. The highest BCUT2D eigenvalue weighted by Crippen LogP contribution is 2.31. The topological polar surface area (TPSA) is 75.7 Å². The first-order valence-corrected chi connectivity index (χ1v) is 8.83. The number of ketones is 1. The Morgan fingerprint density at radius 2 is 1.85 bits per heavy atom. The first kappa shape index (κ1) is 18.6. The van der Waals surface area contributed by atoms with Crippen LogP contribution in [0.2, 0.25) is 0 Å². The molecule has 1 N–H and O–H groups in total. The molecule has 6 nitrogen and oxygen atoms in total. The number of nitrogens with zero attached hydrogens (tertiary/aromatic N) is 1. The van der Waals surface area contributed by atoms with Crippen LogP contribution in [-0.4, -0.2) is 29.2 Å². The van der Waals surface area contributed by atoms with E-state index in [0.29, 0.717) is 29.0 Å². The molecule has 1 fully saturated rings. The number of urea groups is 1. The van der Waals surface area contributed by atoms with Crippen LogP contribution >= 0.6 is 0 Å². The molecule has 27 heavy (non-hydrogen) atoms. The zero-order valence-electron chi connectivity index (χ0n) is 15.6. The Kier molecular flexibility index (Phi) is 4.99. The van der Waals surface area contributed by atoms with E-state index in [1.807, 2.05) is 37.3 Å². The van der Waals surface area contributed by atoms with Gasteiger partial charge < -0.3 is 10.1 Å². The number of nitrogens with one attached hydrogen (secondary N) is 1. The third kappa shape index (κ3) is 3.43. The second-order valence-corrected chi connectivity index (χ2v) is 6.62. The second-order valence-electron chi connectivity index (χ2n) is 6.62. The number of rotatable bonds is 6. The first-order valence-electron chi connectivity index (χ1n) is 8.83. The van der Waals surface area contributed by atoms with Gasteiger partial charge in [0.05, 0.1) is 13.2 Å². The fourth-order valence-electron chi connectivity index (χ4n) is 3.20. The minimum atomic E-state index is -1.12. The van der Waals surface area contributed by atoms with E-state index < -0.39 is 11.6 Å². The molecular weight excluding hydrogens is 344 g/mol. The highest BCUT2D eigenvalue weighted by atomic mass is 16.5. The van der Waals surface area contributed by atoms with Gasteiger partial charge in [-0.1, -0.05) is 30.3 Å². The number of ether oxygens (including phenoxy) is 1. The van der Waals surface area contributed by atoms with Crippen molar-refractivity contribution in [2.24, 2.45) is 0 Å². The van der Waals surface area contributed by atoms with Crippen LogP contribution in [0.25, 0.3) is 0 Å². The fraction of sp³-hybridized carbons (Fsp3) is 0.286. The van der Waals surface area contributed by atoms with Gasteiger partial charge in [-0.3, -0.25) is 14.5 Å². The van der Waals surface area contributed by atoms with Crippen LogP contribution in [0.1, 0.15) is 42.3 Å². The molecule has 0 radical (unpaired) electrons. The minimum Gasteiger partial charge on any atom is -0.494 e.